The van der Waals surface area contributed by atoms with Gasteiger partial charge in [-0.25, -0.2) is 4.79 Å². The minimum atomic E-state index is -2.05. The van der Waals surface area contributed by atoms with Gasteiger partial charge in [-0.1, -0.05) is 53.7 Å². The summed E-state index contributed by atoms with van der Waals surface area (Å²) in [7, 11) is -4.05. The van der Waals surface area contributed by atoms with E-state index < -0.39 is 16.6 Å². The molecule has 0 bridgehead atoms. The number of hydrogen-bond donors (Lipinski definition) is 1. The number of carbonyl (C=O) groups is 1. The van der Waals surface area contributed by atoms with E-state index in [0.29, 0.717) is 0 Å². The molecule has 26 heavy (non-hydrogen) atoms. The second-order valence-electron chi connectivity index (χ2n) is 10.6. The molecule has 5 nitrogen and oxygen atoms in total. The molecular weight excluding hydrogens is 362 g/mol. The number of carbonyl (C=O) groups excluding carboxylic acids is 1. The predicted octanol–water partition coefficient (Wildman–Crippen LogP) is 4.81. The van der Waals surface area contributed by atoms with Crippen molar-refractivity contribution in [2.45, 2.75) is 102 Å². The highest BCUT2D eigenvalue weighted by atomic mass is 28.4. The first-order valence-electron chi connectivity index (χ1n) is 9.56. The summed E-state index contributed by atoms with van der Waals surface area (Å²) < 4.78 is 19.0. The number of ether oxygens (including phenoxy) is 1. The summed E-state index contributed by atoms with van der Waals surface area (Å²) >= 11 is 0. The predicted molar refractivity (Wildman–Crippen MR) is 110 cm³/mol. The largest absolute Gasteiger partial charge is 0.441 e. The summed E-state index contributed by atoms with van der Waals surface area (Å²) in [4.78, 5) is 11.8. The monoisotopic (exact) mass is 399 g/mol. The van der Waals surface area contributed by atoms with Gasteiger partial charge in [-0.05, 0) is 36.3 Å². The summed E-state index contributed by atoms with van der Waals surface area (Å²) in [6.45, 7) is 22.3. The van der Waals surface area contributed by atoms with Crippen LogP contribution in [0.3, 0.4) is 0 Å². The molecule has 7 heteroatoms. The van der Waals surface area contributed by atoms with Crippen LogP contribution in [-0.4, -0.2) is 47.1 Å². The Balaban J connectivity index is 2.33. The second kappa shape index (κ2) is 6.76. The quantitative estimate of drug-likeness (QED) is 0.544. The van der Waals surface area contributed by atoms with Crippen LogP contribution in [0.15, 0.2) is 12.2 Å². The summed E-state index contributed by atoms with van der Waals surface area (Å²) in [6.07, 6.45) is 2.88. The molecule has 1 saturated heterocycles. The summed E-state index contributed by atoms with van der Waals surface area (Å²) in [5, 5.41) is 3.04. The third-order valence-electron chi connectivity index (χ3n) is 6.51. The van der Waals surface area contributed by atoms with Crippen molar-refractivity contribution in [2.24, 2.45) is 0 Å². The molecule has 2 aliphatic rings. The lowest BCUT2D eigenvalue weighted by Gasteiger charge is -2.47. The van der Waals surface area contributed by atoms with Gasteiger partial charge in [-0.3, -0.25) is 0 Å². The number of amides is 1. The summed E-state index contributed by atoms with van der Waals surface area (Å²) in [5.74, 6) is 0. The van der Waals surface area contributed by atoms with Gasteiger partial charge in [0.2, 0.25) is 0 Å². The van der Waals surface area contributed by atoms with Crippen molar-refractivity contribution in [3.8, 4) is 0 Å². The molecule has 0 unspecified atom stereocenters. The van der Waals surface area contributed by atoms with Crippen LogP contribution in [0.25, 0.3) is 0 Å². The molecule has 1 amide bonds. The van der Waals surface area contributed by atoms with Crippen molar-refractivity contribution in [2.75, 3.05) is 0 Å². The first-order chi connectivity index (χ1) is 11.6. The Labute approximate surface area is 161 Å². The third-order valence-corrected chi connectivity index (χ3v) is 15.5. The van der Waals surface area contributed by atoms with Crippen LogP contribution in [0.5, 0.6) is 0 Å². The van der Waals surface area contributed by atoms with Crippen molar-refractivity contribution >= 4 is 22.7 Å². The van der Waals surface area contributed by atoms with E-state index in [1.54, 1.807) is 0 Å². The maximum absolute atomic E-state index is 11.8. The van der Waals surface area contributed by atoms with Gasteiger partial charge in [0.05, 0.1) is 12.1 Å². The van der Waals surface area contributed by atoms with E-state index in [1.807, 2.05) is 6.08 Å². The van der Waals surface area contributed by atoms with Crippen LogP contribution in [0.4, 0.5) is 4.79 Å². The SMILES string of the molecule is CC(C)(C)[Si](C)(C)O[C@H]1[C@@H]2OC(=O)N[C@@H]2C=C[C@H]1O[Si](C)(C)C(C)(C)C. The van der Waals surface area contributed by atoms with E-state index in [-0.39, 0.29) is 40.5 Å². The van der Waals surface area contributed by atoms with Gasteiger partial charge >= 0.3 is 6.09 Å². The van der Waals surface area contributed by atoms with E-state index in [4.69, 9.17) is 13.6 Å². The van der Waals surface area contributed by atoms with E-state index in [0.717, 1.165) is 0 Å². The fourth-order valence-corrected chi connectivity index (χ4v) is 5.23. The van der Waals surface area contributed by atoms with Gasteiger partial charge in [0.15, 0.2) is 22.7 Å². The lowest BCUT2D eigenvalue weighted by molar-refractivity contribution is -0.0279. The molecule has 1 N–H and O–H groups in total. The fourth-order valence-electron chi connectivity index (χ4n) is 2.68. The number of hydrogen-bond acceptors (Lipinski definition) is 4. The standard InChI is InChI=1S/C19H37NO4Si2/c1-18(2,3)25(7,8)23-14-12-11-13-15(22-17(21)20-13)16(14)24-26(9,10)19(4,5)6/h11-16H,1-10H3,(H,20,21)/t13-,14-,15-,16-/m1/s1. The van der Waals surface area contributed by atoms with Gasteiger partial charge in [0.25, 0.3) is 0 Å². The Kier molecular flexibility index (Phi) is 5.63. The lowest BCUT2D eigenvalue weighted by atomic mass is 9.95. The van der Waals surface area contributed by atoms with E-state index in [2.05, 4.69) is 79.1 Å². The molecular formula is C19H37NO4Si2. The molecule has 0 saturated carbocycles. The van der Waals surface area contributed by atoms with Gasteiger partial charge < -0.3 is 18.9 Å². The zero-order valence-electron chi connectivity index (χ0n) is 18.1. The van der Waals surface area contributed by atoms with E-state index in [1.165, 1.54) is 0 Å². The van der Waals surface area contributed by atoms with Crippen LogP contribution in [0.1, 0.15) is 41.5 Å². The number of fused-ring (bicyclic) bond motifs is 1. The third kappa shape index (κ3) is 4.26. The highest BCUT2D eigenvalue weighted by Crippen LogP contribution is 2.42. The molecule has 0 aromatic rings. The number of alkyl carbamates (subject to hydrolysis) is 1. The normalized spacial score (nSPS) is 30.0. The Morgan fingerprint density at radius 1 is 0.923 bits per heavy atom. The average Bonchev–Trinajstić information content (AvgIpc) is 2.79. The van der Waals surface area contributed by atoms with Crippen molar-refractivity contribution in [3.05, 3.63) is 12.2 Å². The van der Waals surface area contributed by atoms with Crippen molar-refractivity contribution in [3.63, 3.8) is 0 Å². The smallest absolute Gasteiger partial charge is 0.408 e. The fraction of sp³-hybridized carbons (Fsp3) is 0.842. The van der Waals surface area contributed by atoms with Crippen molar-refractivity contribution in [1.82, 2.24) is 5.32 Å². The topological polar surface area (TPSA) is 56.8 Å². The Morgan fingerprint density at radius 2 is 1.42 bits per heavy atom. The number of nitrogens with one attached hydrogen (secondary N) is 1. The molecule has 4 atom stereocenters. The maximum atomic E-state index is 11.8. The van der Waals surface area contributed by atoms with Crippen LogP contribution < -0.4 is 5.32 Å². The first kappa shape index (κ1) is 21.7. The van der Waals surface area contributed by atoms with Crippen LogP contribution >= 0.6 is 0 Å². The van der Waals surface area contributed by atoms with Crippen LogP contribution in [0.2, 0.25) is 36.3 Å². The molecule has 1 heterocycles. The molecule has 1 aliphatic heterocycles. The maximum Gasteiger partial charge on any atom is 0.408 e. The van der Waals surface area contributed by atoms with Crippen LogP contribution in [0, 0.1) is 0 Å². The van der Waals surface area contributed by atoms with E-state index in [9.17, 15) is 4.79 Å². The summed E-state index contributed by atoms with van der Waals surface area (Å²) in [5.41, 5.74) is 0. The van der Waals surface area contributed by atoms with Gasteiger partial charge in [-0.2, -0.15) is 0 Å². The van der Waals surface area contributed by atoms with Crippen LogP contribution in [-0.2, 0) is 13.6 Å². The second-order valence-corrected chi connectivity index (χ2v) is 20.1. The lowest BCUT2D eigenvalue weighted by Crippen LogP contribution is -2.58. The van der Waals surface area contributed by atoms with Crippen molar-refractivity contribution in [1.29, 1.82) is 0 Å². The molecule has 0 radical (unpaired) electrons. The van der Waals surface area contributed by atoms with E-state index >= 15 is 0 Å². The van der Waals surface area contributed by atoms with Gasteiger partial charge in [0, 0.05) is 0 Å². The van der Waals surface area contributed by atoms with Gasteiger partial charge in [-0.15, -0.1) is 0 Å². The molecule has 0 aromatic heterocycles. The molecule has 0 spiro atoms. The molecule has 2 rings (SSSR count). The Hall–Kier alpha value is -0.636. The molecule has 150 valence electrons. The molecule has 1 fully saturated rings. The average molecular weight is 400 g/mol. The minimum Gasteiger partial charge on any atom is -0.441 e. The molecule has 1 aliphatic carbocycles. The van der Waals surface area contributed by atoms with Crippen molar-refractivity contribution < 1.29 is 18.4 Å². The first-order valence-corrected chi connectivity index (χ1v) is 15.4. The Morgan fingerprint density at radius 3 is 1.92 bits per heavy atom. The Bertz CT molecular complexity index is 575. The summed E-state index contributed by atoms with van der Waals surface area (Å²) in [6, 6.07) is -0.142. The van der Waals surface area contributed by atoms with Gasteiger partial charge in [0.1, 0.15) is 6.10 Å². The number of rotatable bonds is 4. The zero-order chi connectivity index (χ0) is 20.1. The zero-order valence-corrected chi connectivity index (χ0v) is 20.1. The minimum absolute atomic E-state index is 0.0707. The highest BCUT2D eigenvalue weighted by Gasteiger charge is 2.51. The molecule has 0 aromatic carbocycles. The highest BCUT2D eigenvalue weighted by molar-refractivity contribution is 6.74.